The van der Waals surface area contributed by atoms with Crippen LogP contribution in [0.25, 0.3) is 16.5 Å². The summed E-state index contributed by atoms with van der Waals surface area (Å²) in [5, 5.41) is 23.3. The molecular weight excluding hydrogens is 308 g/mol. The lowest BCUT2D eigenvalue weighted by atomic mass is 10.2. The molecule has 0 saturated heterocycles. The van der Waals surface area contributed by atoms with Crippen LogP contribution in [0.1, 0.15) is 5.82 Å². The number of rotatable bonds is 4. The molecule has 0 spiro atoms. The molecule has 6 nitrogen and oxygen atoms in total. The number of fused-ring (bicyclic) bond motifs is 1. The summed E-state index contributed by atoms with van der Waals surface area (Å²) in [5.41, 5.74) is 0.942. The Bertz CT molecular complexity index is 932. The first-order chi connectivity index (χ1) is 11.4. The molecule has 112 valence electrons. The summed E-state index contributed by atoms with van der Waals surface area (Å²) in [6.45, 7) is 0. The lowest BCUT2D eigenvalue weighted by Gasteiger charge is -2.05. The van der Waals surface area contributed by atoms with E-state index in [1.54, 1.807) is 22.6 Å². The third kappa shape index (κ3) is 2.78. The minimum absolute atomic E-state index is 0.616. The van der Waals surface area contributed by atoms with E-state index in [1.807, 2.05) is 54.6 Å². The third-order valence-corrected chi connectivity index (χ3v) is 4.39. The summed E-state index contributed by atoms with van der Waals surface area (Å²) in [4.78, 5) is 0. The van der Waals surface area contributed by atoms with Crippen LogP contribution in [0.5, 0.6) is 0 Å². The fourth-order valence-electron chi connectivity index (χ4n) is 2.31. The van der Waals surface area contributed by atoms with Gasteiger partial charge < -0.3 is 0 Å². The van der Waals surface area contributed by atoms with Gasteiger partial charge in [-0.15, -0.1) is 10.2 Å². The van der Waals surface area contributed by atoms with Crippen LogP contribution in [0.3, 0.4) is 0 Å². The molecule has 0 saturated carbocycles. The lowest BCUT2D eigenvalue weighted by Crippen LogP contribution is -2.02. The summed E-state index contributed by atoms with van der Waals surface area (Å²) in [5.74, 6) is 1.39. The number of hydrogen-bond donors (Lipinski definition) is 0. The molecule has 0 aliphatic heterocycles. The van der Waals surface area contributed by atoms with Crippen LogP contribution in [0.4, 0.5) is 0 Å². The summed E-state index contributed by atoms with van der Waals surface area (Å²) in [7, 11) is 0. The predicted molar refractivity (Wildman–Crippen MR) is 88.3 cm³/mol. The highest BCUT2D eigenvalue weighted by molar-refractivity contribution is 7.98. The second kappa shape index (κ2) is 6.13. The van der Waals surface area contributed by atoms with Gasteiger partial charge in [0.25, 0.3) is 0 Å². The molecule has 0 fully saturated rings. The second-order valence-corrected chi connectivity index (χ2v) is 5.83. The second-order valence-electron chi connectivity index (χ2n) is 4.87. The standard InChI is InChI=1S/C16H12N6S/c1-2-7-13(8-3-1)22-15(18-20-21-22)11-23-16-14-9-5-4-6-12(14)10-17-19-16/h1-10H,11H2. The SMILES string of the molecule is c1ccc(-n2nnnc2CSc2nncc3ccccc23)cc1. The zero-order valence-corrected chi connectivity index (χ0v) is 12.9. The fourth-order valence-corrected chi connectivity index (χ4v) is 3.20. The van der Waals surface area contributed by atoms with Gasteiger partial charge in [-0.05, 0) is 22.6 Å². The zero-order chi connectivity index (χ0) is 15.5. The van der Waals surface area contributed by atoms with E-state index >= 15 is 0 Å². The normalized spacial score (nSPS) is 11.0. The molecule has 0 aliphatic rings. The Morgan fingerprint density at radius 1 is 0.913 bits per heavy atom. The van der Waals surface area contributed by atoms with Crippen LogP contribution in [0.15, 0.2) is 65.8 Å². The van der Waals surface area contributed by atoms with E-state index in [0.29, 0.717) is 5.75 Å². The average molecular weight is 320 g/mol. The molecule has 0 unspecified atom stereocenters. The maximum Gasteiger partial charge on any atom is 0.166 e. The van der Waals surface area contributed by atoms with Gasteiger partial charge >= 0.3 is 0 Å². The number of tetrazole rings is 1. The molecule has 0 bridgehead atoms. The van der Waals surface area contributed by atoms with Gasteiger partial charge in [0.05, 0.1) is 17.6 Å². The number of hydrogen-bond acceptors (Lipinski definition) is 6. The Balaban J connectivity index is 1.62. The van der Waals surface area contributed by atoms with Crippen LogP contribution in [0.2, 0.25) is 0 Å². The lowest BCUT2D eigenvalue weighted by molar-refractivity contribution is 0.777. The van der Waals surface area contributed by atoms with Gasteiger partial charge in [0.2, 0.25) is 0 Å². The number of aromatic nitrogens is 6. The Hall–Kier alpha value is -2.80. The molecule has 4 rings (SSSR count). The molecule has 0 radical (unpaired) electrons. The smallest absolute Gasteiger partial charge is 0.166 e. The average Bonchev–Trinajstić information content (AvgIpc) is 3.09. The zero-order valence-electron chi connectivity index (χ0n) is 12.1. The van der Waals surface area contributed by atoms with Gasteiger partial charge in [0, 0.05) is 10.8 Å². The van der Waals surface area contributed by atoms with Crippen molar-refractivity contribution >= 4 is 22.5 Å². The summed E-state index contributed by atoms with van der Waals surface area (Å²) in [6.07, 6.45) is 1.77. The van der Waals surface area contributed by atoms with Crippen LogP contribution in [-0.2, 0) is 5.75 Å². The molecule has 2 aromatic heterocycles. The van der Waals surface area contributed by atoms with E-state index in [0.717, 1.165) is 27.3 Å². The molecule has 2 heterocycles. The molecule has 23 heavy (non-hydrogen) atoms. The van der Waals surface area contributed by atoms with E-state index in [1.165, 1.54) is 0 Å². The van der Waals surface area contributed by atoms with Crippen molar-refractivity contribution in [3.05, 3.63) is 66.6 Å². The molecule has 0 N–H and O–H groups in total. The first-order valence-electron chi connectivity index (χ1n) is 7.08. The Morgan fingerprint density at radius 3 is 2.65 bits per heavy atom. The molecule has 2 aromatic carbocycles. The minimum Gasteiger partial charge on any atom is -0.196 e. The van der Waals surface area contributed by atoms with Crippen molar-refractivity contribution in [3.63, 3.8) is 0 Å². The molecule has 4 aromatic rings. The third-order valence-electron chi connectivity index (χ3n) is 3.41. The van der Waals surface area contributed by atoms with E-state index in [2.05, 4.69) is 25.7 Å². The predicted octanol–water partition coefficient (Wildman–Crippen LogP) is 2.90. The summed E-state index contributed by atoms with van der Waals surface area (Å²) >= 11 is 1.58. The maximum atomic E-state index is 4.24. The van der Waals surface area contributed by atoms with Crippen LogP contribution >= 0.6 is 11.8 Å². The van der Waals surface area contributed by atoms with E-state index < -0.39 is 0 Å². The van der Waals surface area contributed by atoms with Gasteiger partial charge in [-0.25, -0.2) is 0 Å². The van der Waals surface area contributed by atoms with Crippen LogP contribution < -0.4 is 0 Å². The molecule has 0 aliphatic carbocycles. The topological polar surface area (TPSA) is 69.4 Å². The molecule has 0 amide bonds. The quantitative estimate of drug-likeness (QED) is 0.539. The summed E-state index contributed by atoms with van der Waals surface area (Å²) in [6, 6.07) is 17.9. The van der Waals surface area contributed by atoms with Gasteiger partial charge in [0.1, 0.15) is 5.03 Å². The van der Waals surface area contributed by atoms with Gasteiger partial charge in [-0.2, -0.15) is 9.78 Å². The van der Waals surface area contributed by atoms with E-state index in [4.69, 9.17) is 0 Å². The molecular formula is C16H12N6S. The van der Waals surface area contributed by atoms with Crippen molar-refractivity contribution in [2.75, 3.05) is 0 Å². The number of para-hydroxylation sites is 1. The highest BCUT2D eigenvalue weighted by atomic mass is 32.2. The van der Waals surface area contributed by atoms with Gasteiger partial charge in [-0.3, -0.25) is 0 Å². The minimum atomic E-state index is 0.616. The van der Waals surface area contributed by atoms with E-state index in [-0.39, 0.29) is 0 Å². The highest BCUT2D eigenvalue weighted by Crippen LogP contribution is 2.27. The maximum absolute atomic E-state index is 4.24. The number of benzene rings is 2. The Kier molecular flexibility index (Phi) is 3.69. The van der Waals surface area contributed by atoms with Crippen molar-refractivity contribution in [1.82, 2.24) is 30.4 Å². The molecule has 0 atom stereocenters. The van der Waals surface area contributed by atoms with Crippen LogP contribution in [-0.4, -0.2) is 30.4 Å². The van der Waals surface area contributed by atoms with Gasteiger partial charge in [-0.1, -0.05) is 54.2 Å². The van der Waals surface area contributed by atoms with Crippen molar-refractivity contribution in [3.8, 4) is 5.69 Å². The first-order valence-corrected chi connectivity index (χ1v) is 8.06. The van der Waals surface area contributed by atoms with E-state index in [9.17, 15) is 0 Å². The largest absolute Gasteiger partial charge is 0.196 e. The Labute approximate surface area is 136 Å². The van der Waals surface area contributed by atoms with Crippen molar-refractivity contribution in [2.45, 2.75) is 10.8 Å². The van der Waals surface area contributed by atoms with Crippen molar-refractivity contribution in [2.24, 2.45) is 0 Å². The van der Waals surface area contributed by atoms with Crippen molar-refractivity contribution in [1.29, 1.82) is 0 Å². The fraction of sp³-hybridized carbons (Fsp3) is 0.0625. The van der Waals surface area contributed by atoms with Gasteiger partial charge in [0.15, 0.2) is 5.82 Å². The van der Waals surface area contributed by atoms with Crippen molar-refractivity contribution < 1.29 is 0 Å². The highest BCUT2D eigenvalue weighted by Gasteiger charge is 2.10. The monoisotopic (exact) mass is 320 g/mol. The van der Waals surface area contributed by atoms with Crippen LogP contribution in [0, 0.1) is 0 Å². The Morgan fingerprint density at radius 2 is 1.74 bits per heavy atom. The molecule has 7 heteroatoms. The summed E-state index contributed by atoms with van der Waals surface area (Å²) < 4.78 is 1.74. The first kappa shape index (κ1) is 13.8. The number of thioether (sulfide) groups is 1. The number of nitrogens with zero attached hydrogens (tertiary/aromatic N) is 6.